The number of hydrogen-bond acceptors (Lipinski definition) is 3. The largest absolute Gasteiger partial charge is 0.373 e. The van der Waals surface area contributed by atoms with Gasteiger partial charge in [-0.2, -0.15) is 0 Å². The molecular weight excluding hydrogens is 348 g/mol. The molecule has 3 rings (SSSR count). The number of hydrogen-bond donors (Lipinski definition) is 2. The first-order valence-electron chi connectivity index (χ1n) is 11.1. The van der Waals surface area contributed by atoms with Crippen LogP contribution in [0.4, 0.5) is 0 Å². The lowest BCUT2D eigenvalue weighted by molar-refractivity contribution is -0.0265. The Morgan fingerprint density at radius 3 is 2.61 bits per heavy atom. The molecule has 1 aromatic carbocycles. The summed E-state index contributed by atoms with van der Waals surface area (Å²) in [4.78, 5) is 7.06. The van der Waals surface area contributed by atoms with Crippen molar-refractivity contribution in [2.24, 2.45) is 10.9 Å². The number of aryl methyl sites for hydroxylation is 1. The van der Waals surface area contributed by atoms with E-state index >= 15 is 0 Å². The van der Waals surface area contributed by atoms with Crippen molar-refractivity contribution in [3.05, 3.63) is 35.4 Å². The van der Waals surface area contributed by atoms with E-state index in [1.807, 2.05) is 7.05 Å². The van der Waals surface area contributed by atoms with Gasteiger partial charge in [-0.1, -0.05) is 36.8 Å². The molecule has 2 heterocycles. The van der Waals surface area contributed by atoms with Gasteiger partial charge in [0.25, 0.3) is 0 Å². The molecule has 5 nitrogen and oxygen atoms in total. The predicted octanol–water partition coefficient (Wildman–Crippen LogP) is 3.50. The van der Waals surface area contributed by atoms with Crippen molar-refractivity contribution in [2.75, 3.05) is 39.8 Å². The topological polar surface area (TPSA) is 48.9 Å². The average Bonchev–Trinajstić information content (AvgIpc) is 3.26. The molecule has 156 valence electrons. The lowest BCUT2D eigenvalue weighted by atomic mass is 9.89. The number of guanidine groups is 1. The number of aliphatic imine (C=N–C) groups is 1. The first kappa shape index (κ1) is 21.1. The fraction of sp³-hybridized carbons (Fsp3) is 0.696. The van der Waals surface area contributed by atoms with Crippen LogP contribution in [0.1, 0.15) is 56.3 Å². The Labute approximate surface area is 170 Å². The summed E-state index contributed by atoms with van der Waals surface area (Å²) < 4.78 is 6.16. The van der Waals surface area contributed by atoms with Crippen LogP contribution in [-0.2, 0) is 4.74 Å². The van der Waals surface area contributed by atoms with Gasteiger partial charge in [-0.15, -0.1) is 0 Å². The van der Waals surface area contributed by atoms with Crippen LogP contribution in [0.25, 0.3) is 0 Å². The minimum absolute atomic E-state index is 0.174. The quantitative estimate of drug-likeness (QED) is 0.556. The molecule has 0 saturated carbocycles. The highest BCUT2D eigenvalue weighted by Crippen LogP contribution is 2.33. The van der Waals surface area contributed by atoms with E-state index in [9.17, 15) is 0 Å². The zero-order valence-electron chi connectivity index (χ0n) is 17.9. The second-order valence-corrected chi connectivity index (χ2v) is 8.24. The third kappa shape index (κ3) is 5.71. The maximum atomic E-state index is 6.16. The van der Waals surface area contributed by atoms with Crippen LogP contribution < -0.4 is 10.6 Å². The molecule has 2 fully saturated rings. The van der Waals surface area contributed by atoms with Gasteiger partial charge in [-0.3, -0.25) is 9.89 Å². The van der Waals surface area contributed by atoms with Crippen molar-refractivity contribution < 1.29 is 4.74 Å². The summed E-state index contributed by atoms with van der Waals surface area (Å²) in [6, 6.07) is 9.39. The van der Waals surface area contributed by atoms with Crippen molar-refractivity contribution >= 4 is 5.96 Å². The molecule has 28 heavy (non-hydrogen) atoms. The van der Waals surface area contributed by atoms with Crippen molar-refractivity contribution in [3.8, 4) is 0 Å². The van der Waals surface area contributed by atoms with E-state index in [-0.39, 0.29) is 6.10 Å². The Bertz CT molecular complexity index is 610. The van der Waals surface area contributed by atoms with E-state index in [4.69, 9.17) is 4.74 Å². The second kappa shape index (κ2) is 10.8. The molecule has 2 aliphatic heterocycles. The van der Waals surface area contributed by atoms with E-state index < -0.39 is 0 Å². The van der Waals surface area contributed by atoms with E-state index in [0.717, 1.165) is 32.1 Å². The highest BCUT2D eigenvalue weighted by atomic mass is 16.5. The Hall–Kier alpha value is -1.59. The summed E-state index contributed by atoms with van der Waals surface area (Å²) in [5, 5.41) is 7.12. The van der Waals surface area contributed by atoms with Crippen LogP contribution in [0.15, 0.2) is 29.3 Å². The first-order chi connectivity index (χ1) is 13.7. The molecule has 2 saturated heterocycles. The van der Waals surface area contributed by atoms with Gasteiger partial charge in [-0.05, 0) is 57.7 Å². The van der Waals surface area contributed by atoms with Crippen molar-refractivity contribution in [2.45, 2.75) is 58.1 Å². The number of benzene rings is 1. The normalized spacial score (nSPS) is 24.9. The minimum atomic E-state index is 0.174. The third-order valence-electron chi connectivity index (χ3n) is 6.24. The molecule has 0 bridgehead atoms. The van der Waals surface area contributed by atoms with Crippen LogP contribution in [0.3, 0.4) is 0 Å². The highest BCUT2D eigenvalue weighted by molar-refractivity contribution is 5.79. The summed E-state index contributed by atoms with van der Waals surface area (Å²) >= 11 is 0. The monoisotopic (exact) mass is 386 g/mol. The molecule has 0 radical (unpaired) electrons. The summed E-state index contributed by atoms with van der Waals surface area (Å²) in [5.74, 6) is 1.38. The molecule has 0 spiro atoms. The van der Waals surface area contributed by atoms with Gasteiger partial charge in [0.15, 0.2) is 5.96 Å². The Morgan fingerprint density at radius 2 is 1.93 bits per heavy atom. The molecule has 1 aromatic rings. The fourth-order valence-electron chi connectivity index (χ4n) is 4.48. The zero-order valence-corrected chi connectivity index (χ0v) is 17.9. The van der Waals surface area contributed by atoms with E-state index in [2.05, 4.69) is 58.6 Å². The summed E-state index contributed by atoms with van der Waals surface area (Å²) in [6.45, 7) is 9.60. The lowest BCUT2D eigenvalue weighted by Gasteiger charge is -2.33. The van der Waals surface area contributed by atoms with E-state index in [1.54, 1.807) is 0 Å². The maximum Gasteiger partial charge on any atom is 0.191 e. The van der Waals surface area contributed by atoms with Crippen LogP contribution in [0.5, 0.6) is 0 Å². The standard InChI is InChI=1S/C23H38N4O/c1-4-21(27-13-5-6-14-27)17-26-23(24-3)25-16-20-8-7-15-28-22(20)19-11-9-18(2)10-12-19/h9-12,20-22H,4-8,13-17H2,1-3H3,(H2,24,25,26). The molecule has 3 unspecified atom stereocenters. The summed E-state index contributed by atoms with van der Waals surface area (Å²) in [7, 11) is 1.86. The minimum Gasteiger partial charge on any atom is -0.373 e. The molecule has 5 heteroatoms. The SMILES string of the molecule is CCC(CNC(=NC)NCC1CCCOC1c1ccc(C)cc1)N1CCCC1. The van der Waals surface area contributed by atoms with E-state index in [1.165, 1.54) is 49.9 Å². The lowest BCUT2D eigenvalue weighted by Crippen LogP contribution is -2.47. The number of nitrogens with zero attached hydrogens (tertiary/aromatic N) is 2. The van der Waals surface area contributed by atoms with E-state index in [0.29, 0.717) is 12.0 Å². The maximum absolute atomic E-state index is 6.16. The van der Waals surface area contributed by atoms with Gasteiger partial charge >= 0.3 is 0 Å². The number of ether oxygens (including phenoxy) is 1. The van der Waals surface area contributed by atoms with Crippen LogP contribution in [-0.4, -0.2) is 56.7 Å². The van der Waals surface area contributed by atoms with Gasteiger partial charge in [0.05, 0.1) is 6.10 Å². The summed E-state index contributed by atoms with van der Waals surface area (Å²) in [6.07, 6.45) is 6.35. The number of likely N-dealkylation sites (tertiary alicyclic amines) is 1. The Kier molecular flexibility index (Phi) is 8.16. The van der Waals surface area contributed by atoms with Crippen LogP contribution in [0.2, 0.25) is 0 Å². The zero-order chi connectivity index (χ0) is 19.8. The first-order valence-corrected chi connectivity index (χ1v) is 11.1. The van der Waals surface area contributed by atoms with Gasteiger partial charge in [-0.25, -0.2) is 0 Å². The highest BCUT2D eigenvalue weighted by Gasteiger charge is 2.27. The van der Waals surface area contributed by atoms with Crippen molar-refractivity contribution in [1.82, 2.24) is 15.5 Å². The average molecular weight is 387 g/mol. The van der Waals surface area contributed by atoms with Gasteiger partial charge in [0, 0.05) is 38.7 Å². The van der Waals surface area contributed by atoms with Crippen molar-refractivity contribution in [1.29, 1.82) is 0 Å². The predicted molar refractivity (Wildman–Crippen MR) is 117 cm³/mol. The molecule has 2 N–H and O–H groups in total. The number of rotatable bonds is 7. The smallest absolute Gasteiger partial charge is 0.191 e. The van der Waals surface area contributed by atoms with Crippen LogP contribution >= 0.6 is 0 Å². The van der Waals surface area contributed by atoms with Gasteiger partial charge in [0.2, 0.25) is 0 Å². The number of nitrogens with one attached hydrogen (secondary N) is 2. The Morgan fingerprint density at radius 1 is 1.18 bits per heavy atom. The molecule has 3 atom stereocenters. The Balaban J connectivity index is 1.51. The van der Waals surface area contributed by atoms with Gasteiger partial charge < -0.3 is 15.4 Å². The van der Waals surface area contributed by atoms with Gasteiger partial charge in [0.1, 0.15) is 0 Å². The molecule has 2 aliphatic rings. The third-order valence-corrected chi connectivity index (χ3v) is 6.24. The molecule has 0 aromatic heterocycles. The fourth-order valence-corrected chi connectivity index (χ4v) is 4.48. The van der Waals surface area contributed by atoms with Crippen LogP contribution in [0, 0.1) is 12.8 Å². The molecule has 0 amide bonds. The molecule has 0 aliphatic carbocycles. The van der Waals surface area contributed by atoms with Crippen molar-refractivity contribution in [3.63, 3.8) is 0 Å². The molecular formula is C23H38N4O. The summed E-state index contributed by atoms with van der Waals surface area (Å²) in [5.41, 5.74) is 2.59. The second-order valence-electron chi connectivity index (χ2n) is 8.24.